The first-order chi connectivity index (χ1) is 8.08. The van der Waals surface area contributed by atoms with Gasteiger partial charge in [0.15, 0.2) is 0 Å². The molecule has 0 saturated heterocycles. The van der Waals surface area contributed by atoms with Crippen LogP contribution in [0.2, 0.25) is 0 Å². The van der Waals surface area contributed by atoms with Gasteiger partial charge in [-0.05, 0) is 32.8 Å². The van der Waals surface area contributed by atoms with Gasteiger partial charge in [-0.2, -0.15) is 5.26 Å². The minimum atomic E-state index is 0.284. The Morgan fingerprint density at radius 2 is 2.06 bits per heavy atom. The van der Waals surface area contributed by atoms with E-state index < -0.39 is 0 Å². The number of nitrogens with two attached hydrogens (primary N) is 1. The van der Waals surface area contributed by atoms with E-state index in [0.29, 0.717) is 0 Å². The second-order valence-electron chi connectivity index (χ2n) is 3.72. The molecule has 0 aromatic rings. The zero-order chi connectivity index (χ0) is 13.3. The molecule has 0 fully saturated rings. The van der Waals surface area contributed by atoms with Crippen LogP contribution in [0.5, 0.6) is 0 Å². The molecule has 0 aromatic heterocycles. The Kier molecular flexibility index (Phi) is 7.57. The van der Waals surface area contributed by atoms with Crippen molar-refractivity contribution < 1.29 is 0 Å². The van der Waals surface area contributed by atoms with Crippen molar-refractivity contribution in [2.75, 3.05) is 13.6 Å². The first-order valence-corrected chi connectivity index (χ1v) is 5.64. The van der Waals surface area contributed by atoms with Crippen LogP contribution in [0.3, 0.4) is 0 Å². The number of nitrogens with zero attached hydrogens (tertiary/aromatic N) is 2. The first kappa shape index (κ1) is 15.3. The standard InChI is InChI=1S/C13H22N4/c1-5-11(3)9-12(13(15)6-2)10-17(16-4)8-7-14/h5-6,10,16H,8-9,15H2,1-4H3/b11-5+,12-10+,13-6-. The van der Waals surface area contributed by atoms with Gasteiger partial charge >= 0.3 is 0 Å². The van der Waals surface area contributed by atoms with E-state index in [0.717, 1.165) is 17.7 Å². The van der Waals surface area contributed by atoms with Crippen molar-refractivity contribution in [3.63, 3.8) is 0 Å². The molecule has 0 aliphatic heterocycles. The molecule has 0 heterocycles. The highest BCUT2D eigenvalue weighted by Gasteiger charge is 2.04. The van der Waals surface area contributed by atoms with Gasteiger partial charge in [0.05, 0.1) is 6.07 Å². The lowest BCUT2D eigenvalue weighted by Crippen LogP contribution is -2.31. The Morgan fingerprint density at radius 3 is 2.47 bits per heavy atom. The summed E-state index contributed by atoms with van der Waals surface area (Å²) in [4.78, 5) is 0. The predicted octanol–water partition coefficient (Wildman–Crippen LogP) is 2.05. The third-order valence-corrected chi connectivity index (χ3v) is 2.48. The molecule has 0 radical (unpaired) electrons. The van der Waals surface area contributed by atoms with Crippen LogP contribution in [-0.4, -0.2) is 18.6 Å². The Hall–Kier alpha value is -1.73. The quantitative estimate of drug-likeness (QED) is 0.319. The molecule has 4 heteroatoms. The average Bonchev–Trinajstić information content (AvgIpc) is 2.35. The molecule has 0 spiro atoms. The summed E-state index contributed by atoms with van der Waals surface area (Å²) >= 11 is 0. The number of hydrogen-bond donors (Lipinski definition) is 2. The van der Waals surface area contributed by atoms with E-state index in [1.165, 1.54) is 5.57 Å². The maximum absolute atomic E-state index is 8.69. The fourth-order valence-corrected chi connectivity index (χ4v) is 1.26. The monoisotopic (exact) mass is 234 g/mol. The average molecular weight is 234 g/mol. The molecule has 4 nitrogen and oxygen atoms in total. The van der Waals surface area contributed by atoms with E-state index in [9.17, 15) is 0 Å². The van der Waals surface area contributed by atoms with Gasteiger partial charge in [0.2, 0.25) is 0 Å². The minimum absolute atomic E-state index is 0.284. The van der Waals surface area contributed by atoms with Crippen LogP contribution in [0.4, 0.5) is 0 Å². The van der Waals surface area contributed by atoms with E-state index in [4.69, 9.17) is 11.0 Å². The van der Waals surface area contributed by atoms with Crippen LogP contribution in [0.25, 0.3) is 0 Å². The van der Waals surface area contributed by atoms with Crippen molar-refractivity contribution in [2.45, 2.75) is 27.2 Å². The lowest BCUT2D eigenvalue weighted by Gasteiger charge is -2.18. The van der Waals surface area contributed by atoms with E-state index in [2.05, 4.69) is 24.5 Å². The van der Waals surface area contributed by atoms with Crippen molar-refractivity contribution in [2.24, 2.45) is 5.73 Å². The van der Waals surface area contributed by atoms with Crippen molar-refractivity contribution in [1.82, 2.24) is 10.4 Å². The van der Waals surface area contributed by atoms with E-state index in [-0.39, 0.29) is 6.54 Å². The Bertz CT molecular complexity index is 358. The highest BCUT2D eigenvalue weighted by molar-refractivity contribution is 5.31. The maximum atomic E-state index is 8.69. The minimum Gasteiger partial charge on any atom is -0.399 e. The highest BCUT2D eigenvalue weighted by Crippen LogP contribution is 2.16. The van der Waals surface area contributed by atoms with Crippen LogP contribution in [0.1, 0.15) is 27.2 Å². The smallest absolute Gasteiger partial charge is 0.121 e. The predicted molar refractivity (Wildman–Crippen MR) is 71.5 cm³/mol. The maximum Gasteiger partial charge on any atom is 0.121 e. The summed E-state index contributed by atoms with van der Waals surface area (Å²) in [5.74, 6) is 0. The third-order valence-electron chi connectivity index (χ3n) is 2.48. The van der Waals surface area contributed by atoms with Crippen LogP contribution in [0.15, 0.2) is 35.2 Å². The summed E-state index contributed by atoms with van der Waals surface area (Å²) < 4.78 is 0. The van der Waals surface area contributed by atoms with Crippen LogP contribution in [0, 0.1) is 11.3 Å². The van der Waals surface area contributed by atoms with E-state index in [1.807, 2.05) is 26.1 Å². The molecule has 0 unspecified atom stereocenters. The highest BCUT2D eigenvalue weighted by atomic mass is 15.5. The lowest BCUT2D eigenvalue weighted by molar-refractivity contribution is 0.331. The molecule has 0 aliphatic carbocycles. The zero-order valence-electron chi connectivity index (χ0n) is 11.1. The molecule has 0 rings (SSSR count). The lowest BCUT2D eigenvalue weighted by atomic mass is 10.0. The van der Waals surface area contributed by atoms with Crippen molar-refractivity contribution in [3.8, 4) is 6.07 Å². The molecule has 94 valence electrons. The molecule has 0 saturated carbocycles. The molecular formula is C13H22N4. The van der Waals surface area contributed by atoms with Crippen molar-refractivity contribution in [3.05, 3.63) is 35.2 Å². The molecule has 0 bridgehead atoms. The molecule has 0 aliphatic rings. The van der Waals surface area contributed by atoms with Gasteiger partial charge in [0.25, 0.3) is 0 Å². The Labute approximate surface area is 104 Å². The summed E-state index contributed by atoms with van der Waals surface area (Å²) in [5.41, 5.74) is 11.9. The molecule has 3 N–H and O–H groups in total. The summed E-state index contributed by atoms with van der Waals surface area (Å²) in [6.07, 6.45) is 6.60. The van der Waals surface area contributed by atoms with Crippen LogP contribution >= 0.6 is 0 Å². The Morgan fingerprint density at radius 1 is 1.41 bits per heavy atom. The SMILES string of the molecule is C/C=C(N)/C(=C/N(CC#N)NC)C/C(C)=C/C. The molecule has 0 aromatic carbocycles. The topological polar surface area (TPSA) is 65.1 Å². The number of rotatable bonds is 6. The molecule has 17 heavy (non-hydrogen) atoms. The second-order valence-corrected chi connectivity index (χ2v) is 3.72. The van der Waals surface area contributed by atoms with Gasteiger partial charge in [-0.15, -0.1) is 0 Å². The van der Waals surface area contributed by atoms with Crippen molar-refractivity contribution >= 4 is 0 Å². The fraction of sp³-hybridized carbons (Fsp3) is 0.462. The summed E-state index contributed by atoms with van der Waals surface area (Å²) in [6, 6.07) is 2.09. The third kappa shape index (κ3) is 5.79. The van der Waals surface area contributed by atoms with E-state index >= 15 is 0 Å². The number of hydrazine groups is 1. The van der Waals surface area contributed by atoms with Gasteiger partial charge in [-0.25, -0.2) is 5.43 Å². The summed E-state index contributed by atoms with van der Waals surface area (Å²) in [5, 5.41) is 10.4. The molecule has 0 amide bonds. The van der Waals surface area contributed by atoms with Crippen LogP contribution in [-0.2, 0) is 0 Å². The van der Waals surface area contributed by atoms with Gasteiger partial charge in [-0.1, -0.05) is 17.7 Å². The Balaban J connectivity index is 5.03. The number of nitriles is 1. The first-order valence-electron chi connectivity index (χ1n) is 5.64. The molecule has 0 atom stereocenters. The van der Waals surface area contributed by atoms with Crippen LogP contribution < -0.4 is 11.2 Å². The summed E-state index contributed by atoms with van der Waals surface area (Å²) in [6.45, 7) is 6.25. The van der Waals surface area contributed by atoms with Gasteiger partial charge in [-0.3, -0.25) is 0 Å². The number of allylic oxidation sites excluding steroid dienone is 4. The van der Waals surface area contributed by atoms with Gasteiger partial charge in [0, 0.05) is 18.9 Å². The number of nitrogens with one attached hydrogen (secondary N) is 1. The summed E-state index contributed by atoms with van der Waals surface area (Å²) in [7, 11) is 1.78. The van der Waals surface area contributed by atoms with Crippen molar-refractivity contribution in [1.29, 1.82) is 5.26 Å². The second kappa shape index (κ2) is 8.43. The normalized spacial score (nSPS) is 13.5. The molecular weight excluding hydrogens is 212 g/mol. The zero-order valence-corrected chi connectivity index (χ0v) is 11.1. The number of hydrogen-bond acceptors (Lipinski definition) is 4. The largest absolute Gasteiger partial charge is 0.399 e. The van der Waals surface area contributed by atoms with Gasteiger partial charge in [0.1, 0.15) is 6.54 Å². The fourth-order valence-electron chi connectivity index (χ4n) is 1.26. The van der Waals surface area contributed by atoms with Gasteiger partial charge < -0.3 is 10.7 Å². The van der Waals surface area contributed by atoms with E-state index in [1.54, 1.807) is 12.1 Å².